The van der Waals surface area contributed by atoms with E-state index in [4.69, 9.17) is 5.73 Å². The van der Waals surface area contributed by atoms with E-state index in [1.165, 1.54) is 4.90 Å². The highest BCUT2D eigenvalue weighted by molar-refractivity contribution is 5.96. The lowest BCUT2D eigenvalue weighted by molar-refractivity contribution is -0.139. The van der Waals surface area contributed by atoms with Crippen LogP contribution < -0.4 is 11.1 Å². The Morgan fingerprint density at radius 3 is 2.45 bits per heavy atom. The minimum atomic E-state index is -4.84. The number of anilines is 1. The fourth-order valence-electron chi connectivity index (χ4n) is 5.24. The lowest BCUT2D eigenvalue weighted by Crippen LogP contribution is -2.43. The van der Waals surface area contributed by atoms with Gasteiger partial charge in [-0.25, -0.2) is 27.1 Å². The highest BCUT2D eigenvalue weighted by atomic mass is 19.4. The van der Waals surface area contributed by atoms with Gasteiger partial charge in [-0.2, -0.15) is 18.3 Å². The number of likely N-dealkylation sites (tertiary alicyclic amines) is 1. The van der Waals surface area contributed by atoms with Gasteiger partial charge in [-0.3, -0.25) is 9.59 Å². The van der Waals surface area contributed by atoms with Crippen molar-refractivity contribution in [3.05, 3.63) is 47.5 Å². The summed E-state index contributed by atoms with van der Waals surface area (Å²) in [5.41, 5.74) is 3.27. The average molecular weight is 572 g/mol. The first kappa shape index (κ1) is 27.6. The summed E-state index contributed by atoms with van der Waals surface area (Å²) in [6.07, 6.45) is -6.50. The standard InChI is InChI=1S/C25H23F7N6O2/c26-15-6-13(19-8-16(25(30,31)32)20-21(33)34-11-35-38(19)20)5-14(7-15)22(39)36-18-10-37(9-17(18)27)23(40)12-1-3-24(28,29)4-2-12/h5-8,11-12,17-18H,1-4,9-10H2,(H,36,39)(H2,33,34,35)/t17-,18+/m0/s1. The molecule has 1 aliphatic carbocycles. The molecule has 3 heterocycles. The number of nitrogen functional groups attached to an aromatic ring is 1. The van der Waals surface area contributed by atoms with E-state index in [0.29, 0.717) is 6.07 Å². The van der Waals surface area contributed by atoms with E-state index in [1.807, 2.05) is 0 Å². The van der Waals surface area contributed by atoms with E-state index in [1.54, 1.807) is 0 Å². The van der Waals surface area contributed by atoms with Crippen molar-refractivity contribution >= 4 is 23.1 Å². The van der Waals surface area contributed by atoms with Crippen LogP contribution in [0.3, 0.4) is 0 Å². The molecule has 3 N–H and O–H groups in total. The molecule has 0 unspecified atom stereocenters. The number of amides is 2. The SMILES string of the molecule is Nc1ncnn2c(-c3cc(F)cc(C(=O)N[C@@H]4CN(C(=O)C5CCC(F)(F)CC5)C[C@@H]4F)c3)cc(C(F)(F)F)c12. The first-order valence-corrected chi connectivity index (χ1v) is 12.4. The van der Waals surface area contributed by atoms with Crippen molar-refractivity contribution in [1.82, 2.24) is 24.8 Å². The van der Waals surface area contributed by atoms with Crippen LogP contribution in [0.25, 0.3) is 16.8 Å². The second kappa shape index (κ2) is 9.93. The molecule has 8 nitrogen and oxygen atoms in total. The van der Waals surface area contributed by atoms with Gasteiger partial charge < -0.3 is 16.0 Å². The quantitative estimate of drug-likeness (QED) is 0.455. The van der Waals surface area contributed by atoms with E-state index in [-0.39, 0.29) is 42.8 Å². The molecule has 2 atom stereocenters. The number of carbonyl (C=O) groups is 2. The molecule has 1 saturated carbocycles. The third-order valence-electron chi connectivity index (χ3n) is 7.29. The summed E-state index contributed by atoms with van der Waals surface area (Å²) < 4.78 is 98.0. The largest absolute Gasteiger partial charge is 0.418 e. The number of halogens is 7. The van der Waals surface area contributed by atoms with Crippen molar-refractivity contribution in [2.24, 2.45) is 5.92 Å². The highest BCUT2D eigenvalue weighted by Crippen LogP contribution is 2.39. The predicted octanol–water partition coefficient (Wildman–Crippen LogP) is 4.24. The number of carbonyl (C=O) groups excluding carboxylic acids is 2. The number of fused-ring (bicyclic) bond motifs is 1. The molecule has 15 heteroatoms. The summed E-state index contributed by atoms with van der Waals surface area (Å²) in [5.74, 6) is -6.30. The van der Waals surface area contributed by atoms with Gasteiger partial charge in [0.1, 0.15) is 23.8 Å². The van der Waals surface area contributed by atoms with Crippen LogP contribution >= 0.6 is 0 Å². The van der Waals surface area contributed by atoms with Crippen LogP contribution in [-0.2, 0) is 11.0 Å². The molecule has 0 spiro atoms. The van der Waals surface area contributed by atoms with E-state index in [2.05, 4.69) is 15.4 Å². The highest BCUT2D eigenvalue weighted by Gasteiger charge is 2.43. The number of nitrogens with zero attached hydrogens (tertiary/aromatic N) is 4. The molecule has 3 aromatic rings. The zero-order valence-corrected chi connectivity index (χ0v) is 20.7. The second-order valence-corrected chi connectivity index (χ2v) is 10.0. The van der Waals surface area contributed by atoms with Crippen LogP contribution in [-0.4, -0.2) is 62.5 Å². The summed E-state index contributed by atoms with van der Waals surface area (Å²) in [6, 6.07) is 2.39. The molecule has 2 aliphatic rings. The fraction of sp³-hybridized carbons (Fsp3) is 0.440. The summed E-state index contributed by atoms with van der Waals surface area (Å²) >= 11 is 0. The van der Waals surface area contributed by atoms with Gasteiger partial charge in [0.25, 0.3) is 5.91 Å². The Labute approximate surface area is 222 Å². The number of alkyl halides is 6. The Bertz CT molecular complexity index is 1460. The molecule has 1 saturated heterocycles. The third-order valence-corrected chi connectivity index (χ3v) is 7.29. The molecule has 1 aromatic carbocycles. The van der Waals surface area contributed by atoms with Gasteiger partial charge in [-0.15, -0.1) is 0 Å². The van der Waals surface area contributed by atoms with E-state index < -0.39 is 77.6 Å². The molecule has 2 amide bonds. The van der Waals surface area contributed by atoms with Crippen molar-refractivity contribution in [1.29, 1.82) is 0 Å². The van der Waals surface area contributed by atoms with Crippen molar-refractivity contribution in [3.63, 3.8) is 0 Å². The number of rotatable bonds is 4. The smallest absolute Gasteiger partial charge is 0.382 e. The van der Waals surface area contributed by atoms with Gasteiger partial charge in [0.15, 0.2) is 5.82 Å². The van der Waals surface area contributed by atoms with Crippen molar-refractivity contribution in [3.8, 4) is 11.3 Å². The lowest BCUT2D eigenvalue weighted by Gasteiger charge is -2.30. The van der Waals surface area contributed by atoms with Crippen molar-refractivity contribution in [2.45, 2.75) is 50.0 Å². The Balaban J connectivity index is 1.35. The Morgan fingerprint density at radius 2 is 1.77 bits per heavy atom. The van der Waals surface area contributed by atoms with Crippen molar-refractivity contribution < 1.29 is 40.3 Å². The minimum absolute atomic E-state index is 0.0244. The summed E-state index contributed by atoms with van der Waals surface area (Å²) in [7, 11) is 0. The zero-order chi connectivity index (χ0) is 29.0. The van der Waals surface area contributed by atoms with Gasteiger partial charge >= 0.3 is 6.18 Å². The lowest BCUT2D eigenvalue weighted by atomic mass is 9.86. The molecule has 2 aromatic heterocycles. The predicted molar refractivity (Wildman–Crippen MR) is 127 cm³/mol. The Morgan fingerprint density at radius 1 is 1.07 bits per heavy atom. The first-order valence-electron chi connectivity index (χ1n) is 12.4. The maximum atomic E-state index is 14.8. The van der Waals surface area contributed by atoms with Crippen LogP contribution in [0.1, 0.15) is 41.6 Å². The van der Waals surface area contributed by atoms with Gasteiger partial charge in [0.2, 0.25) is 11.8 Å². The first-order chi connectivity index (χ1) is 18.7. The summed E-state index contributed by atoms with van der Waals surface area (Å²) in [6.45, 7) is -0.558. The van der Waals surface area contributed by atoms with Crippen molar-refractivity contribution in [2.75, 3.05) is 18.8 Å². The molecule has 0 bridgehead atoms. The number of aromatic nitrogens is 3. The van der Waals surface area contributed by atoms with Crippen LogP contribution in [0, 0.1) is 11.7 Å². The van der Waals surface area contributed by atoms with Crippen LogP contribution in [0.5, 0.6) is 0 Å². The van der Waals surface area contributed by atoms with Gasteiger partial charge in [-0.1, -0.05) is 0 Å². The zero-order valence-electron chi connectivity index (χ0n) is 20.7. The summed E-state index contributed by atoms with van der Waals surface area (Å²) in [5, 5.41) is 6.20. The third kappa shape index (κ3) is 5.28. The number of benzene rings is 1. The normalized spacial score (nSPS) is 21.6. The molecule has 1 aliphatic heterocycles. The molecule has 5 rings (SSSR count). The monoisotopic (exact) mass is 572 g/mol. The number of nitrogens with one attached hydrogen (secondary N) is 1. The Hall–Kier alpha value is -3.91. The van der Waals surface area contributed by atoms with Gasteiger partial charge in [0, 0.05) is 36.4 Å². The van der Waals surface area contributed by atoms with Crippen LogP contribution in [0.2, 0.25) is 0 Å². The Kier molecular flexibility index (Phi) is 6.86. The fourth-order valence-corrected chi connectivity index (χ4v) is 5.24. The minimum Gasteiger partial charge on any atom is -0.382 e. The average Bonchev–Trinajstić information content (AvgIpc) is 3.45. The number of hydrogen-bond donors (Lipinski definition) is 2. The van der Waals surface area contributed by atoms with E-state index in [0.717, 1.165) is 29.0 Å². The molecular weight excluding hydrogens is 549 g/mol. The van der Waals surface area contributed by atoms with Gasteiger partial charge in [0.05, 0.1) is 23.8 Å². The second-order valence-electron chi connectivity index (χ2n) is 10.0. The molecular formula is C25H23F7N6O2. The van der Waals surface area contributed by atoms with Crippen LogP contribution in [0.15, 0.2) is 30.6 Å². The maximum Gasteiger partial charge on any atom is 0.418 e. The summed E-state index contributed by atoms with van der Waals surface area (Å²) in [4.78, 5) is 30.5. The molecule has 214 valence electrons. The van der Waals surface area contributed by atoms with Crippen LogP contribution in [0.4, 0.5) is 36.6 Å². The van der Waals surface area contributed by atoms with Gasteiger partial charge in [-0.05, 0) is 37.1 Å². The number of hydrogen-bond acceptors (Lipinski definition) is 5. The molecule has 2 fully saturated rings. The topological polar surface area (TPSA) is 106 Å². The van der Waals surface area contributed by atoms with E-state index in [9.17, 15) is 40.3 Å². The maximum absolute atomic E-state index is 14.8. The van der Waals surface area contributed by atoms with E-state index >= 15 is 0 Å². The molecule has 40 heavy (non-hydrogen) atoms. The molecule has 0 radical (unpaired) electrons. The number of nitrogens with two attached hydrogens (primary N) is 1.